The van der Waals surface area contributed by atoms with Crippen LogP contribution in [0.5, 0.6) is 0 Å². The third kappa shape index (κ3) is 4.86. The maximum absolute atomic E-state index is 11.9. The molecule has 0 fully saturated rings. The van der Waals surface area contributed by atoms with Gasteiger partial charge < -0.3 is 24.9 Å². The highest BCUT2D eigenvalue weighted by molar-refractivity contribution is 5.74. The van der Waals surface area contributed by atoms with Crippen LogP contribution in [0, 0.1) is 13.8 Å². The molecular weight excluding hydrogens is 260 g/mol. The molecule has 1 aromatic rings. The highest BCUT2D eigenvalue weighted by Gasteiger charge is 2.17. The zero-order chi connectivity index (χ0) is 15.1. The lowest BCUT2D eigenvalue weighted by Gasteiger charge is -2.19. The van der Waals surface area contributed by atoms with Crippen LogP contribution >= 0.6 is 0 Å². The molecule has 0 aliphatic heterocycles. The van der Waals surface area contributed by atoms with E-state index in [1.165, 1.54) is 0 Å². The van der Waals surface area contributed by atoms with Crippen molar-refractivity contribution >= 4 is 6.03 Å². The Balaban J connectivity index is 2.50. The molecular formula is C14H24N2O4. The van der Waals surface area contributed by atoms with Gasteiger partial charge in [0.15, 0.2) is 0 Å². The highest BCUT2D eigenvalue weighted by atomic mass is 16.5. The van der Waals surface area contributed by atoms with Gasteiger partial charge in [0.2, 0.25) is 0 Å². The van der Waals surface area contributed by atoms with E-state index in [9.17, 15) is 9.90 Å². The topological polar surface area (TPSA) is 83.7 Å². The van der Waals surface area contributed by atoms with E-state index in [0.29, 0.717) is 13.0 Å². The normalized spacial score (nSPS) is 13.8. The molecule has 1 heterocycles. The van der Waals surface area contributed by atoms with Gasteiger partial charge >= 0.3 is 6.03 Å². The molecule has 0 aromatic carbocycles. The SMILES string of the molecule is COCC[C@H](CO)NC(=O)N[C@@H](C)c1cc(C)oc1C. The molecule has 114 valence electrons. The van der Waals surface area contributed by atoms with E-state index in [1.807, 2.05) is 26.8 Å². The van der Waals surface area contributed by atoms with Gasteiger partial charge in [0.25, 0.3) is 0 Å². The third-order valence-corrected chi connectivity index (χ3v) is 3.12. The first-order valence-electron chi connectivity index (χ1n) is 6.71. The van der Waals surface area contributed by atoms with Crippen molar-refractivity contribution in [2.45, 2.75) is 39.3 Å². The molecule has 0 aliphatic rings. The minimum Gasteiger partial charge on any atom is -0.466 e. The lowest BCUT2D eigenvalue weighted by Crippen LogP contribution is -2.45. The molecule has 0 bridgehead atoms. The smallest absolute Gasteiger partial charge is 0.315 e. The number of aliphatic hydroxyl groups excluding tert-OH is 1. The summed E-state index contributed by atoms with van der Waals surface area (Å²) < 4.78 is 10.4. The van der Waals surface area contributed by atoms with Crippen molar-refractivity contribution < 1.29 is 19.1 Å². The molecule has 2 amide bonds. The molecule has 1 rings (SSSR count). The van der Waals surface area contributed by atoms with Gasteiger partial charge in [-0.05, 0) is 33.3 Å². The van der Waals surface area contributed by atoms with Gasteiger partial charge in [-0.2, -0.15) is 0 Å². The molecule has 0 radical (unpaired) electrons. The standard InChI is InChI=1S/C14H24N2O4/c1-9-7-13(11(3)20-9)10(2)15-14(18)16-12(8-17)5-6-19-4/h7,10,12,17H,5-6,8H2,1-4H3,(H2,15,16,18)/t10-,12+/m0/s1. The number of methoxy groups -OCH3 is 1. The molecule has 6 heteroatoms. The van der Waals surface area contributed by atoms with Crippen LogP contribution in [0.1, 0.15) is 36.5 Å². The minimum absolute atomic E-state index is 0.116. The van der Waals surface area contributed by atoms with Crippen molar-refractivity contribution in [1.29, 1.82) is 0 Å². The Bertz CT molecular complexity index is 431. The average Bonchev–Trinajstić information content (AvgIpc) is 2.73. The number of urea groups is 1. The monoisotopic (exact) mass is 284 g/mol. The van der Waals surface area contributed by atoms with Gasteiger partial charge in [-0.25, -0.2) is 4.79 Å². The van der Waals surface area contributed by atoms with Gasteiger partial charge in [0.1, 0.15) is 11.5 Å². The summed E-state index contributed by atoms with van der Waals surface area (Å²) in [7, 11) is 1.58. The summed E-state index contributed by atoms with van der Waals surface area (Å²) in [6.07, 6.45) is 0.568. The van der Waals surface area contributed by atoms with Gasteiger partial charge in [-0.1, -0.05) is 0 Å². The lowest BCUT2D eigenvalue weighted by atomic mass is 10.1. The van der Waals surface area contributed by atoms with Crippen LogP contribution in [0.2, 0.25) is 0 Å². The second-order valence-corrected chi connectivity index (χ2v) is 4.87. The van der Waals surface area contributed by atoms with Gasteiger partial charge in [-0.15, -0.1) is 0 Å². The summed E-state index contributed by atoms with van der Waals surface area (Å²) in [5.41, 5.74) is 0.954. The van der Waals surface area contributed by atoms with Crippen LogP contribution in [0.25, 0.3) is 0 Å². The molecule has 2 atom stereocenters. The maximum atomic E-state index is 11.9. The zero-order valence-electron chi connectivity index (χ0n) is 12.5. The van der Waals surface area contributed by atoms with Crippen LogP contribution in [0.4, 0.5) is 4.79 Å². The number of ether oxygens (including phenoxy) is 1. The Morgan fingerprint density at radius 1 is 1.45 bits per heavy atom. The van der Waals surface area contributed by atoms with E-state index in [4.69, 9.17) is 9.15 Å². The predicted octanol–water partition coefficient (Wildman–Crippen LogP) is 1.65. The number of aliphatic hydroxyl groups is 1. The molecule has 0 unspecified atom stereocenters. The number of nitrogens with one attached hydrogen (secondary N) is 2. The average molecular weight is 284 g/mol. The van der Waals surface area contributed by atoms with Crippen molar-refractivity contribution in [3.63, 3.8) is 0 Å². The predicted molar refractivity (Wildman–Crippen MR) is 75.6 cm³/mol. The third-order valence-electron chi connectivity index (χ3n) is 3.12. The molecule has 0 spiro atoms. The van der Waals surface area contributed by atoms with E-state index >= 15 is 0 Å². The summed E-state index contributed by atoms with van der Waals surface area (Å²) in [5.74, 6) is 1.62. The Labute approximate surface area is 119 Å². The largest absolute Gasteiger partial charge is 0.466 e. The second-order valence-electron chi connectivity index (χ2n) is 4.87. The van der Waals surface area contributed by atoms with E-state index < -0.39 is 0 Å². The Morgan fingerprint density at radius 3 is 2.65 bits per heavy atom. The van der Waals surface area contributed by atoms with Crippen LogP contribution in [-0.2, 0) is 4.74 Å². The number of hydrogen-bond acceptors (Lipinski definition) is 4. The summed E-state index contributed by atoms with van der Waals surface area (Å²) in [5, 5.41) is 14.7. The van der Waals surface area contributed by atoms with E-state index in [2.05, 4.69) is 10.6 Å². The first-order chi connectivity index (χ1) is 9.47. The summed E-state index contributed by atoms with van der Waals surface area (Å²) in [6, 6.07) is 1.13. The second kappa shape index (κ2) is 7.91. The zero-order valence-corrected chi connectivity index (χ0v) is 12.5. The van der Waals surface area contributed by atoms with E-state index in [0.717, 1.165) is 17.1 Å². The Hall–Kier alpha value is -1.53. The number of carbonyl (C=O) groups is 1. The Morgan fingerprint density at radius 2 is 2.15 bits per heavy atom. The number of furan rings is 1. The van der Waals surface area contributed by atoms with Crippen LogP contribution in [0.3, 0.4) is 0 Å². The lowest BCUT2D eigenvalue weighted by molar-refractivity contribution is 0.159. The fourth-order valence-corrected chi connectivity index (χ4v) is 2.05. The number of hydrogen-bond donors (Lipinski definition) is 3. The van der Waals surface area contributed by atoms with Gasteiger partial charge in [-0.3, -0.25) is 0 Å². The Kier molecular flexibility index (Phi) is 6.54. The summed E-state index contributed by atoms with van der Waals surface area (Å²) in [4.78, 5) is 11.9. The molecule has 0 saturated carbocycles. The fourth-order valence-electron chi connectivity index (χ4n) is 2.05. The highest BCUT2D eigenvalue weighted by Crippen LogP contribution is 2.20. The number of rotatable bonds is 7. The summed E-state index contributed by atoms with van der Waals surface area (Å²) in [6.45, 7) is 6.00. The van der Waals surface area contributed by atoms with Crippen molar-refractivity contribution in [2.75, 3.05) is 20.3 Å². The fraction of sp³-hybridized carbons (Fsp3) is 0.643. The van der Waals surface area contributed by atoms with Crippen molar-refractivity contribution in [1.82, 2.24) is 10.6 Å². The number of carbonyl (C=O) groups excluding carboxylic acids is 1. The van der Waals surface area contributed by atoms with Crippen LogP contribution in [-0.4, -0.2) is 37.5 Å². The van der Waals surface area contributed by atoms with E-state index in [-0.39, 0.29) is 24.7 Å². The van der Waals surface area contributed by atoms with Crippen LogP contribution < -0.4 is 10.6 Å². The molecule has 6 nitrogen and oxygen atoms in total. The number of amides is 2. The van der Waals surface area contributed by atoms with Crippen LogP contribution in [0.15, 0.2) is 10.5 Å². The van der Waals surface area contributed by atoms with Crippen molar-refractivity contribution in [2.24, 2.45) is 0 Å². The molecule has 0 saturated heterocycles. The summed E-state index contributed by atoms with van der Waals surface area (Å²) >= 11 is 0. The first-order valence-corrected chi connectivity index (χ1v) is 6.71. The van der Waals surface area contributed by atoms with Crippen molar-refractivity contribution in [3.05, 3.63) is 23.2 Å². The van der Waals surface area contributed by atoms with Crippen molar-refractivity contribution in [3.8, 4) is 0 Å². The quantitative estimate of drug-likeness (QED) is 0.711. The molecule has 1 aromatic heterocycles. The molecule has 0 aliphatic carbocycles. The van der Waals surface area contributed by atoms with Gasteiger partial charge in [0.05, 0.1) is 18.7 Å². The maximum Gasteiger partial charge on any atom is 0.315 e. The van der Waals surface area contributed by atoms with E-state index in [1.54, 1.807) is 7.11 Å². The molecule has 20 heavy (non-hydrogen) atoms. The minimum atomic E-state index is -0.314. The molecule has 3 N–H and O–H groups in total. The van der Waals surface area contributed by atoms with Gasteiger partial charge in [0, 0.05) is 19.3 Å². The number of aryl methyl sites for hydroxylation is 2. The first kappa shape index (κ1) is 16.5.